The Kier molecular flexibility index (Phi) is 4.42. The van der Waals surface area contributed by atoms with Crippen LogP contribution < -0.4 is 4.74 Å². The third-order valence-corrected chi connectivity index (χ3v) is 3.06. The van der Waals surface area contributed by atoms with Gasteiger partial charge in [0.25, 0.3) is 0 Å². The van der Waals surface area contributed by atoms with Crippen LogP contribution >= 0.6 is 10.7 Å². The van der Waals surface area contributed by atoms with Gasteiger partial charge in [-0.1, -0.05) is 25.1 Å². The van der Waals surface area contributed by atoms with E-state index in [2.05, 4.69) is 0 Å². The first-order chi connectivity index (χ1) is 7.03. The summed E-state index contributed by atoms with van der Waals surface area (Å²) >= 11 is 0. The molecule has 0 aromatic heterocycles. The summed E-state index contributed by atoms with van der Waals surface area (Å²) < 4.78 is 26.7. The Hall–Kier alpha value is -0.740. The number of hydrogen-bond donors (Lipinski definition) is 0. The van der Waals surface area contributed by atoms with Gasteiger partial charge >= 0.3 is 0 Å². The van der Waals surface area contributed by atoms with Crippen LogP contribution in [0.25, 0.3) is 0 Å². The molecule has 3 nitrogen and oxygen atoms in total. The molecule has 1 aromatic carbocycles. The summed E-state index contributed by atoms with van der Waals surface area (Å²) in [6.07, 6.45) is 0.851. The Balaban J connectivity index is 2.58. The molecule has 0 fully saturated rings. The summed E-state index contributed by atoms with van der Waals surface area (Å²) in [5.74, 6) is 0.549. The molecule has 0 unspecified atom stereocenters. The average Bonchev–Trinajstić information content (AvgIpc) is 2.16. The minimum Gasteiger partial charge on any atom is -0.492 e. The Labute approximate surface area is 94.4 Å². The number of rotatable bonds is 5. The number of ether oxygens (including phenoxy) is 1. The first-order valence-corrected chi connectivity index (χ1v) is 7.14. The van der Waals surface area contributed by atoms with Crippen molar-refractivity contribution in [3.05, 3.63) is 29.8 Å². The van der Waals surface area contributed by atoms with Crippen LogP contribution in [0.1, 0.15) is 12.5 Å². The average molecular weight is 249 g/mol. The summed E-state index contributed by atoms with van der Waals surface area (Å²) in [7, 11) is 1.60. The first-order valence-electron chi connectivity index (χ1n) is 4.66. The van der Waals surface area contributed by atoms with Crippen LogP contribution in [0, 0.1) is 0 Å². The van der Waals surface area contributed by atoms with Crippen molar-refractivity contribution in [1.29, 1.82) is 0 Å². The van der Waals surface area contributed by atoms with Gasteiger partial charge in [-0.3, -0.25) is 0 Å². The van der Waals surface area contributed by atoms with Gasteiger partial charge in [-0.2, -0.15) is 0 Å². The molecule has 0 radical (unpaired) electrons. The lowest BCUT2D eigenvalue weighted by molar-refractivity contribution is 0.338. The van der Waals surface area contributed by atoms with E-state index in [1.54, 1.807) is 0 Å². The van der Waals surface area contributed by atoms with Gasteiger partial charge in [-0.25, -0.2) is 8.42 Å². The second-order valence-corrected chi connectivity index (χ2v) is 5.95. The fraction of sp³-hybridized carbons (Fsp3) is 0.400. The predicted molar refractivity (Wildman–Crippen MR) is 61.0 cm³/mol. The standard InChI is InChI=1S/C10H13ClO3S/c1-2-9-5-3-4-6-10(9)14-7-8-15(11,12)13/h3-6H,2,7-8H2,1H3. The molecule has 0 atom stereocenters. The quantitative estimate of drug-likeness (QED) is 0.751. The van der Waals surface area contributed by atoms with Crippen molar-refractivity contribution >= 4 is 19.7 Å². The minimum atomic E-state index is -3.47. The largest absolute Gasteiger partial charge is 0.492 e. The maximum Gasteiger partial charge on any atom is 0.235 e. The van der Waals surface area contributed by atoms with Crippen molar-refractivity contribution < 1.29 is 13.2 Å². The van der Waals surface area contributed by atoms with Gasteiger partial charge in [0.2, 0.25) is 9.05 Å². The number of aryl methyl sites for hydroxylation is 1. The zero-order chi connectivity index (χ0) is 11.3. The lowest BCUT2D eigenvalue weighted by Gasteiger charge is -2.08. The van der Waals surface area contributed by atoms with Crippen LogP contribution in [0.5, 0.6) is 5.75 Å². The smallest absolute Gasteiger partial charge is 0.235 e. The SMILES string of the molecule is CCc1ccccc1OCCS(=O)(=O)Cl. The lowest BCUT2D eigenvalue weighted by atomic mass is 10.1. The molecule has 0 aliphatic carbocycles. The summed E-state index contributed by atoms with van der Waals surface area (Å²) in [4.78, 5) is 0. The zero-order valence-corrected chi connectivity index (χ0v) is 10.0. The van der Waals surface area contributed by atoms with E-state index in [0.717, 1.165) is 17.7 Å². The Morgan fingerprint density at radius 2 is 2.00 bits per heavy atom. The number of hydrogen-bond acceptors (Lipinski definition) is 3. The number of para-hydroxylation sites is 1. The molecule has 0 heterocycles. The van der Waals surface area contributed by atoms with Crippen LogP contribution in [0.4, 0.5) is 0 Å². The normalized spacial score (nSPS) is 11.3. The van der Waals surface area contributed by atoms with Gasteiger partial charge in [0, 0.05) is 10.7 Å². The fourth-order valence-electron chi connectivity index (χ4n) is 1.19. The van der Waals surface area contributed by atoms with Gasteiger partial charge in [0.1, 0.15) is 12.4 Å². The highest BCUT2D eigenvalue weighted by Crippen LogP contribution is 2.18. The van der Waals surface area contributed by atoms with Crippen LogP contribution in [-0.4, -0.2) is 20.8 Å². The van der Waals surface area contributed by atoms with Gasteiger partial charge in [0.15, 0.2) is 0 Å². The molecular weight excluding hydrogens is 236 g/mol. The van der Waals surface area contributed by atoms with Crippen molar-refractivity contribution in [1.82, 2.24) is 0 Å². The van der Waals surface area contributed by atoms with E-state index in [4.69, 9.17) is 15.4 Å². The number of halogens is 1. The fourth-order valence-corrected chi connectivity index (χ4v) is 1.66. The second-order valence-electron chi connectivity index (χ2n) is 3.05. The first kappa shape index (κ1) is 12.3. The van der Waals surface area contributed by atoms with Crippen molar-refractivity contribution in [2.24, 2.45) is 0 Å². The molecule has 0 saturated heterocycles. The molecule has 5 heteroatoms. The third kappa shape index (κ3) is 4.53. The monoisotopic (exact) mass is 248 g/mol. The van der Waals surface area contributed by atoms with E-state index in [0.29, 0.717) is 0 Å². The lowest BCUT2D eigenvalue weighted by Crippen LogP contribution is -2.09. The molecule has 84 valence electrons. The molecule has 1 rings (SSSR count). The van der Waals surface area contributed by atoms with Gasteiger partial charge in [0.05, 0.1) is 5.75 Å². The van der Waals surface area contributed by atoms with Crippen molar-refractivity contribution in [3.63, 3.8) is 0 Å². The second kappa shape index (κ2) is 5.37. The summed E-state index contributed by atoms with van der Waals surface area (Å²) in [6.45, 7) is 2.10. The molecule has 1 aromatic rings. The summed E-state index contributed by atoms with van der Waals surface area (Å²) in [5.41, 5.74) is 1.06. The van der Waals surface area contributed by atoms with Gasteiger partial charge in [-0.05, 0) is 18.1 Å². The van der Waals surface area contributed by atoms with Crippen LogP contribution in [0.2, 0.25) is 0 Å². The highest BCUT2D eigenvalue weighted by Gasteiger charge is 2.06. The molecule has 0 aliphatic rings. The summed E-state index contributed by atoms with van der Waals surface area (Å²) in [6, 6.07) is 7.54. The molecule has 0 saturated carbocycles. The van der Waals surface area contributed by atoms with Crippen molar-refractivity contribution in [2.45, 2.75) is 13.3 Å². The van der Waals surface area contributed by atoms with E-state index in [1.165, 1.54) is 0 Å². The Bertz CT molecular complexity index is 414. The Morgan fingerprint density at radius 1 is 1.33 bits per heavy atom. The van der Waals surface area contributed by atoms with Crippen molar-refractivity contribution in [3.8, 4) is 5.75 Å². The molecule has 0 N–H and O–H groups in total. The van der Waals surface area contributed by atoms with Gasteiger partial charge in [-0.15, -0.1) is 0 Å². The van der Waals surface area contributed by atoms with Crippen LogP contribution in [0.15, 0.2) is 24.3 Å². The topological polar surface area (TPSA) is 43.4 Å². The number of benzene rings is 1. The van der Waals surface area contributed by atoms with Crippen LogP contribution in [0.3, 0.4) is 0 Å². The highest BCUT2D eigenvalue weighted by atomic mass is 35.7. The van der Waals surface area contributed by atoms with Crippen molar-refractivity contribution in [2.75, 3.05) is 12.4 Å². The molecule has 0 spiro atoms. The molecule has 0 amide bonds. The molecule has 0 aliphatic heterocycles. The zero-order valence-electron chi connectivity index (χ0n) is 8.44. The summed E-state index contributed by atoms with van der Waals surface area (Å²) in [5, 5.41) is 0. The van der Waals surface area contributed by atoms with E-state index < -0.39 is 9.05 Å². The minimum absolute atomic E-state index is 0.0862. The predicted octanol–water partition coefficient (Wildman–Crippen LogP) is 2.20. The maximum absolute atomic E-state index is 10.7. The third-order valence-electron chi connectivity index (χ3n) is 1.94. The van der Waals surface area contributed by atoms with E-state index in [9.17, 15) is 8.42 Å². The van der Waals surface area contributed by atoms with E-state index in [1.807, 2.05) is 31.2 Å². The Morgan fingerprint density at radius 3 is 2.60 bits per heavy atom. The molecule has 0 bridgehead atoms. The highest BCUT2D eigenvalue weighted by molar-refractivity contribution is 8.13. The molecule has 15 heavy (non-hydrogen) atoms. The van der Waals surface area contributed by atoms with E-state index >= 15 is 0 Å². The van der Waals surface area contributed by atoms with Crippen LogP contribution in [-0.2, 0) is 15.5 Å². The maximum atomic E-state index is 10.7. The van der Waals surface area contributed by atoms with Gasteiger partial charge < -0.3 is 4.74 Å². The van der Waals surface area contributed by atoms with E-state index in [-0.39, 0.29) is 12.4 Å². The molecular formula is C10H13ClO3S.